The molecule has 0 aromatic heterocycles. The Morgan fingerprint density at radius 3 is 2.76 bits per heavy atom. The Balaban J connectivity index is 2.51. The van der Waals surface area contributed by atoms with E-state index in [0.717, 1.165) is 18.4 Å². The molecule has 0 aromatic carbocycles. The monoisotopic (exact) mass is 298 g/mol. The lowest BCUT2D eigenvalue weighted by Gasteiger charge is -2.34. The first-order valence-electron chi connectivity index (χ1n) is 7.45. The van der Waals surface area contributed by atoms with Crippen LogP contribution >= 0.6 is 0 Å². The second-order valence-corrected chi connectivity index (χ2v) is 5.58. The van der Waals surface area contributed by atoms with Gasteiger partial charge in [-0.05, 0) is 26.2 Å². The van der Waals surface area contributed by atoms with Crippen molar-refractivity contribution in [1.82, 2.24) is 10.2 Å². The van der Waals surface area contributed by atoms with Crippen molar-refractivity contribution in [3.05, 3.63) is 12.2 Å². The highest BCUT2D eigenvalue weighted by atomic mass is 16.5. The van der Waals surface area contributed by atoms with E-state index in [4.69, 9.17) is 4.74 Å². The van der Waals surface area contributed by atoms with Gasteiger partial charge in [-0.3, -0.25) is 0 Å². The number of carboxylic acid groups (broad SMARTS) is 1. The summed E-state index contributed by atoms with van der Waals surface area (Å²) >= 11 is 0. The van der Waals surface area contributed by atoms with Gasteiger partial charge in [-0.1, -0.05) is 25.5 Å². The largest absolute Gasteiger partial charge is 0.479 e. The smallest absolute Gasteiger partial charge is 0.329 e. The number of amides is 2. The van der Waals surface area contributed by atoms with Gasteiger partial charge in [-0.2, -0.15) is 0 Å². The Bertz CT molecular complexity index is 397. The van der Waals surface area contributed by atoms with Gasteiger partial charge >= 0.3 is 12.0 Å². The van der Waals surface area contributed by atoms with Crippen LogP contribution in [0, 0.1) is 0 Å². The van der Waals surface area contributed by atoms with Crippen LogP contribution in [0.15, 0.2) is 12.2 Å². The van der Waals surface area contributed by atoms with Gasteiger partial charge in [-0.15, -0.1) is 0 Å². The van der Waals surface area contributed by atoms with E-state index < -0.39 is 11.5 Å². The lowest BCUT2D eigenvalue weighted by atomic mass is 9.91. The number of ether oxygens (including phenoxy) is 1. The third-order valence-electron chi connectivity index (χ3n) is 3.67. The zero-order valence-electron chi connectivity index (χ0n) is 13.0. The number of rotatable bonds is 8. The summed E-state index contributed by atoms with van der Waals surface area (Å²) in [7, 11) is 0. The first-order valence-corrected chi connectivity index (χ1v) is 7.45. The molecule has 21 heavy (non-hydrogen) atoms. The molecule has 1 unspecified atom stereocenters. The maximum absolute atomic E-state index is 12.2. The molecule has 1 aliphatic heterocycles. The molecule has 1 heterocycles. The van der Waals surface area contributed by atoms with E-state index >= 15 is 0 Å². The zero-order chi connectivity index (χ0) is 15.9. The van der Waals surface area contributed by atoms with Gasteiger partial charge in [-0.25, -0.2) is 9.59 Å². The number of carbonyl (C=O) groups is 2. The molecule has 0 aromatic rings. The summed E-state index contributed by atoms with van der Waals surface area (Å²) in [5.41, 5.74) is -0.120. The van der Waals surface area contributed by atoms with E-state index in [-0.39, 0.29) is 6.03 Å². The second kappa shape index (κ2) is 8.02. The first-order chi connectivity index (χ1) is 9.94. The molecular formula is C15H26N2O4. The minimum Gasteiger partial charge on any atom is -0.479 e. The van der Waals surface area contributed by atoms with Crippen LogP contribution in [0.5, 0.6) is 0 Å². The molecule has 1 atom stereocenters. The van der Waals surface area contributed by atoms with Crippen molar-refractivity contribution in [2.75, 3.05) is 26.3 Å². The number of nitrogens with one attached hydrogen (secondary N) is 1. The summed E-state index contributed by atoms with van der Waals surface area (Å²) in [5, 5.41) is 12.3. The molecule has 0 spiro atoms. The average Bonchev–Trinajstić information content (AvgIpc) is 2.83. The summed E-state index contributed by atoms with van der Waals surface area (Å²) in [5.74, 6) is -0.907. The fourth-order valence-corrected chi connectivity index (χ4v) is 2.75. The van der Waals surface area contributed by atoms with Crippen LogP contribution in [-0.2, 0) is 9.53 Å². The van der Waals surface area contributed by atoms with E-state index in [0.29, 0.717) is 39.1 Å². The highest BCUT2D eigenvalue weighted by molar-refractivity contribution is 5.87. The number of carboxylic acids is 1. The van der Waals surface area contributed by atoms with Crippen LogP contribution in [-0.4, -0.2) is 53.8 Å². The quantitative estimate of drug-likeness (QED) is 0.531. The lowest BCUT2D eigenvalue weighted by molar-refractivity contribution is -0.148. The molecule has 6 heteroatoms. The summed E-state index contributed by atoms with van der Waals surface area (Å²) < 4.78 is 5.31. The highest BCUT2D eigenvalue weighted by Crippen LogP contribution is 2.33. The average molecular weight is 298 g/mol. The first kappa shape index (κ1) is 17.5. The van der Waals surface area contributed by atoms with Crippen molar-refractivity contribution in [1.29, 1.82) is 0 Å². The van der Waals surface area contributed by atoms with Crippen LogP contribution in [0.1, 0.15) is 39.5 Å². The predicted octanol–water partition coefficient (Wildman–Crippen LogP) is 2.01. The van der Waals surface area contributed by atoms with E-state index in [1.807, 2.05) is 13.8 Å². The Morgan fingerprint density at radius 2 is 2.19 bits per heavy atom. The van der Waals surface area contributed by atoms with Crippen molar-refractivity contribution in [2.45, 2.75) is 45.1 Å². The van der Waals surface area contributed by atoms with Crippen molar-refractivity contribution >= 4 is 12.0 Å². The van der Waals surface area contributed by atoms with Crippen LogP contribution < -0.4 is 5.32 Å². The molecule has 6 nitrogen and oxygen atoms in total. The number of hydrogen-bond donors (Lipinski definition) is 2. The number of carbonyl (C=O) groups excluding carboxylic acids is 1. The standard InChI is InChI=1S/C15H26N2O4/c1-4-6-15(13(18)19)7-5-9-17(15)14(20)16-8-10-21-11-12(2)3/h2,4-11H2,1,3H3,(H,16,20)(H,18,19). The summed E-state index contributed by atoms with van der Waals surface area (Å²) in [6.07, 6.45) is 2.47. The van der Waals surface area contributed by atoms with E-state index in [1.54, 1.807) is 0 Å². The molecule has 0 saturated carbocycles. The molecule has 1 rings (SSSR count). The summed E-state index contributed by atoms with van der Waals surface area (Å²) in [4.78, 5) is 25.3. The Morgan fingerprint density at radius 1 is 1.48 bits per heavy atom. The Labute approximate surface area is 126 Å². The van der Waals surface area contributed by atoms with Crippen molar-refractivity contribution in [3.63, 3.8) is 0 Å². The zero-order valence-corrected chi connectivity index (χ0v) is 13.0. The molecule has 2 amide bonds. The minimum absolute atomic E-state index is 0.317. The van der Waals surface area contributed by atoms with Crippen LogP contribution in [0.3, 0.4) is 0 Å². The highest BCUT2D eigenvalue weighted by Gasteiger charge is 2.49. The molecule has 1 aliphatic rings. The number of urea groups is 1. The van der Waals surface area contributed by atoms with E-state index in [2.05, 4.69) is 11.9 Å². The molecule has 2 N–H and O–H groups in total. The van der Waals surface area contributed by atoms with Gasteiger partial charge < -0.3 is 20.1 Å². The van der Waals surface area contributed by atoms with Crippen LogP contribution in [0.2, 0.25) is 0 Å². The molecule has 0 bridgehead atoms. The summed E-state index contributed by atoms with van der Waals surface area (Å²) in [6.45, 7) is 9.24. The fraction of sp³-hybridized carbons (Fsp3) is 0.733. The molecule has 1 saturated heterocycles. The summed E-state index contributed by atoms with van der Waals surface area (Å²) in [6, 6.07) is -0.317. The van der Waals surface area contributed by atoms with Gasteiger partial charge in [0.15, 0.2) is 0 Å². The Kier molecular flexibility index (Phi) is 6.68. The third kappa shape index (κ3) is 4.46. The van der Waals surface area contributed by atoms with Crippen LogP contribution in [0.25, 0.3) is 0 Å². The van der Waals surface area contributed by atoms with Crippen molar-refractivity contribution in [2.24, 2.45) is 0 Å². The number of aliphatic carboxylic acids is 1. The van der Waals surface area contributed by atoms with Gasteiger partial charge in [0, 0.05) is 13.1 Å². The molecule has 120 valence electrons. The molecule has 0 aliphatic carbocycles. The second-order valence-electron chi connectivity index (χ2n) is 5.58. The predicted molar refractivity (Wildman–Crippen MR) is 80.2 cm³/mol. The molecule has 0 radical (unpaired) electrons. The maximum atomic E-state index is 12.2. The third-order valence-corrected chi connectivity index (χ3v) is 3.67. The molecular weight excluding hydrogens is 272 g/mol. The van der Waals surface area contributed by atoms with Gasteiger partial charge in [0.1, 0.15) is 5.54 Å². The number of hydrogen-bond acceptors (Lipinski definition) is 3. The van der Waals surface area contributed by atoms with Gasteiger partial charge in [0.2, 0.25) is 0 Å². The van der Waals surface area contributed by atoms with Gasteiger partial charge in [0.25, 0.3) is 0 Å². The maximum Gasteiger partial charge on any atom is 0.329 e. The number of likely N-dealkylation sites (tertiary alicyclic amines) is 1. The SMILES string of the molecule is C=C(C)COCCNC(=O)N1CCCC1(CCC)C(=O)O. The van der Waals surface area contributed by atoms with Crippen molar-refractivity contribution < 1.29 is 19.4 Å². The lowest BCUT2D eigenvalue weighted by Crippen LogP contribution is -2.56. The molecule has 1 fully saturated rings. The fourth-order valence-electron chi connectivity index (χ4n) is 2.75. The normalized spacial score (nSPS) is 21.3. The van der Waals surface area contributed by atoms with Crippen molar-refractivity contribution in [3.8, 4) is 0 Å². The van der Waals surface area contributed by atoms with E-state index in [9.17, 15) is 14.7 Å². The van der Waals surface area contributed by atoms with Gasteiger partial charge in [0.05, 0.1) is 13.2 Å². The van der Waals surface area contributed by atoms with Crippen LogP contribution in [0.4, 0.5) is 4.79 Å². The number of nitrogens with zero attached hydrogens (tertiary/aromatic N) is 1. The van der Waals surface area contributed by atoms with E-state index in [1.165, 1.54) is 4.90 Å². The topological polar surface area (TPSA) is 78.9 Å². The minimum atomic E-state index is -1.04. The Hall–Kier alpha value is -1.56.